The molecule has 0 aliphatic heterocycles. The van der Waals surface area contributed by atoms with Gasteiger partial charge in [0.15, 0.2) is 0 Å². The normalized spacial score (nSPS) is 10.2. The summed E-state index contributed by atoms with van der Waals surface area (Å²) in [5, 5.41) is 3.01. The molecule has 0 aliphatic rings. The first-order chi connectivity index (χ1) is 5.40. The van der Waals surface area contributed by atoms with Crippen LogP contribution in [0.5, 0.6) is 0 Å². The summed E-state index contributed by atoms with van der Waals surface area (Å²) in [5.41, 5.74) is 0. The van der Waals surface area contributed by atoms with Crippen LogP contribution in [-0.2, 0) is 0 Å². The van der Waals surface area contributed by atoms with Gasteiger partial charge in [0.1, 0.15) is 0 Å². The highest BCUT2D eigenvalue weighted by Crippen LogP contribution is 2.23. The van der Waals surface area contributed by atoms with Crippen molar-refractivity contribution in [1.82, 2.24) is 0 Å². The Bertz CT molecular complexity index is 354. The number of hydrogen-bond acceptors (Lipinski definition) is 2. The molecule has 1 aromatic carbocycles. The van der Waals surface area contributed by atoms with Crippen molar-refractivity contribution >= 4 is 39.0 Å². The van der Waals surface area contributed by atoms with Gasteiger partial charge in [-0.15, -0.1) is 11.3 Å². The molecular formula is C9H6S2. The molecule has 2 heteroatoms. The summed E-state index contributed by atoms with van der Waals surface area (Å²) in [6, 6.07) is 10.4. The highest BCUT2D eigenvalue weighted by molar-refractivity contribution is 7.79. The lowest BCUT2D eigenvalue weighted by Gasteiger charge is -1.82. The maximum Gasteiger partial charge on any atom is 0.0390 e. The summed E-state index contributed by atoms with van der Waals surface area (Å²) >= 11 is 6.58. The van der Waals surface area contributed by atoms with E-state index in [0.29, 0.717) is 0 Å². The van der Waals surface area contributed by atoms with E-state index in [1.165, 1.54) is 15.0 Å². The first kappa shape index (κ1) is 6.95. The van der Waals surface area contributed by atoms with Crippen molar-refractivity contribution in [2.75, 3.05) is 0 Å². The van der Waals surface area contributed by atoms with Gasteiger partial charge >= 0.3 is 0 Å². The van der Waals surface area contributed by atoms with Crippen LogP contribution in [0.4, 0.5) is 0 Å². The van der Waals surface area contributed by atoms with Crippen LogP contribution in [0.2, 0.25) is 0 Å². The molecule has 0 saturated heterocycles. The van der Waals surface area contributed by atoms with Crippen molar-refractivity contribution in [2.24, 2.45) is 0 Å². The molecule has 0 unspecified atom stereocenters. The summed E-state index contributed by atoms with van der Waals surface area (Å²) < 4.78 is 1.31. The predicted molar refractivity (Wildman–Crippen MR) is 54.6 cm³/mol. The second-order valence-electron chi connectivity index (χ2n) is 2.30. The molecule has 1 aromatic heterocycles. The van der Waals surface area contributed by atoms with E-state index < -0.39 is 0 Å². The van der Waals surface area contributed by atoms with E-state index in [1.807, 2.05) is 12.1 Å². The first-order valence-corrected chi connectivity index (χ1v) is 4.63. The van der Waals surface area contributed by atoms with Gasteiger partial charge in [0.2, 0.25) is 0 Å². The third-order valence-corrected chi connectivity index (χ3v) is 3.03. The zero-order chi connectivity index (χ0) is 7.68. The molecule has 1 heterocycles. The number of thiophene rings is 1. The molecule has 0 radical (unpaired) electrons. The predicted octanol–water partition coefficient (Wildman–Crippen LogP) is 3.25. The highest BCUT2D eigenvalue weighted by atomic mass is 32.1. The number of fused-ring (bicyclic) bond motifs is 1. The van der Waals surface area contributed by atoms with Crippen LogP contribution in [0, 0.1) is 0 Å². The average Bonchev–Trinajstić information content (AvgIpc) is 2.46. The molecule has 0 nitrogen and oxygen atoms in total. The van der Waals surface area contributed by atoms with Crippen molar-refractivity contribution < 1.29 is 0 Å². The van der Waals surface area contributed by atoms with Crippen LogP contribution < -0.4 is 0 Å². The smallest absolute Gasteiger partial charge is 0.0390 e. The minimum absolute atomic E-state index is 1.17. The van der Waals surface area contributed by atoms with Gasteiger partial charge in [0.05, 0.1) is 0 Å². The minimum atomic E-state index is 1.17. The highest BCUT2D eigenvalue weighted by Gasteiger charge is 1.95. The van der Waals surface area contributed by atoms with E-state index in [4.69, 9.17) is 12.2 Å². The molecule has 2 aromatic rings. The van der Waals surface area contributed by atoms with E-state index in [0.717, 1.165) is 0 Å². The minimum Gasteiger partial charge on any atom is -0.135 e. The van der Waals surface area contributed by atoms with Crippen LogP contribution in [-0.4, -0.2) is 5.37 Å². The first-order valence-electron chi connectivity index (χ1n) is 3.34. The lowest BCUT2D eigenvalue weighted by atomic mass is 10.2. The van der Waals surface area contributed by atoms with Crippen molar-refractivity contribution in [3.63, 3.8) is 0 Å². The van der Waals surface area contributed by atoms with Gasteiger partial charge in [0, 0.05) is 14.9 Å². The molecule has 0 atom stereocenters. The van der Waals surface area contributed by atoms with Crippen molar-refractivity contribution in [1.29, 1.82) is 0 Å². The molecular weight excluding hydrogens is 172 g/mol. The lowest BCUT2D eigenvalue weighted by Crippen LogP contribution is -1.60. The van der Waals surface area contributed by atoms with E-state index in [1.54, 1.807) is 16.7 Å². The van der Waals surface area contributed by atoms with Crippen molar-refractivity contribution in [3.05, 3.63) is 35.2 Å². The average molecular weight is 178 g/mol. The molecule has 2 rings (SSSR count). The van der Waals surface area contributed by atoms with Crippen LogP contribution in [0.1, 0.15) is 4.88 Å². The second-order valence-corrected chi connectivity index (χ2v) is 3.66. The molecule has 11 heavy (non-hydrogen) atoms. The number of rotatable bonds is 1. The van der Waals surface area contributed by atoms with E-state index in [2.05, 4.69) is 18.2 Å². The fourth-order valence-electron chi connectivity index (χ4n) is 1.06. The molecule has 0 aliphatic carbocycles. The van der Waals surface area contributed by atoms with Crippen LogP contribution >= 0.6 is 23.6 Å². The summed E-state index contributed by atoms with van der Waals surface area (Å²) in [6.07, 6.45) is 0. The number of thiocarbonyl (C=S) groups is 1. The van der Waals surface area contributed by atoms with E-state index in [9.17, 15) is 0 Å². The number of hydrogen-bond donors (Lipinski definition) is 0. The Morgan fingerprint density at radius 2 is 2.09 bits per heavy atom. The summed E-state index contributed by atoms with van der Waals surface area (Å²) in [5.74, 6) is 0. The van der Waals surface area contributed by atoms with Crippen LogP contribution in [0.15, 0.2) is 30.3 Å². The molecule has 0 amide bonds. The van der Waals surface area contributed by atoms with Gasteiger partial charge in [-0.25, -0.2) is 0 Å². The maximum atomic E-state index is 4.84. The molecule has 0 N–H and O–H groups in total. The Hall–Kier alpha value is -0.730. The maximum absolute atomic E-state index is 4.84. The Morgan fingerprint density at radius 1 is 1.27 bits per heavy atom. The molecule has 0 saturated carbocycles. The molecule has 0 spiro atoms. The van der Waals surface area contributed by atoms with Crippen LogP contribution in [0.25, 0.3) is 10.1 Å². The zero-order valence-corrected chi connectivity index (χ0v) is 7.41. The fraction of sp³-hybridized carbons (Fsp3) is 0. The third kappa shape index (κ3) is 1.19. The van der Waals surface area contributed by atoms with Crippen LogP contribution in [0.3, 0.4) is 0 Å². The van der Waals surface area contributed by atoms with Crippen molar-refractivity contribution in [3.8, 4) is 0 Å². The SMILES string of the molecule is S=Cc1cc2ccccc2s1. The van der Waals surface area contributed by atoms with Crippen molar-refractivity contribution in [2.45, 2.75) is 0 Å². The summed E-state index contributed by atoms with van der Waals surface area (Å²) in [4.78, 5) is 1.17. The third-order valence-electron chi connectivity index (χ3n) is 1.56. The van der Waals surface area contributed by atoms with Gasteiger partial charge in [-0.05, 0) is 17.5 Å². The van der Waals surface area contributed by atoms with Gasteiger partial charge in [0.25, 0.3) is 0 Å². The zero-order valence-electron chi connectivity index (χ0n) is 5.78. The van der Waals surface area contributed by atoms with Gasteiger partial charge in [-0.2, -0.15) is 0 Å². The topological polar surface area (TPSA) is 0 Å². The molecule has 0 fully saturated rings. The Kier molecular flexibility index (Phi) is 1.72. The Balaban J connectivity index is 2.78. The Morgan fingerprint density at radius 3 is 2.82 bits per heavy atom. The Labute approximate surface area is 74.5 Å². The van der Waals surface area contributed by atoms with Gasteiger partial charge in [-0.3, -0.25) is 0 Å². The summed E-state index contributed by atoms with van der Waals surface area (Å²) in [7, 11) is 0. The standard InChI is InChI=1S/C9H6S2/c10-6-8-5-7-3-1-2-4-9(7)11-8/h1-6H. The number of benzene rings is 1. The van der Waals surface area contributed by atoms with E-state index in [-0.39, 0.29) is 0 Å². The molecule has 0 bridgehead atoms. The quantitative estimate of drug-likeness (QED) is 0.604. The fourth-order valence-corrected chi connectivity index (χ4v) is 2.15. The summed E-state index contributed by atoms with van der Waals surface area (Å²) in [6.45, 7) is 0. The largest absolute Gasteiger partial charge is 0.135 e. The second kappa shape index (κ2) is 2.72. The monoisotopic (exact) mass is 178 g/mol. The van der Waals surface area contributed by atoms with Gasteiger partial charge < -0.3 is 0 Å². The van der Waals surface area contributed by atoms with E-state index >= 15 is 0 Å². The molecule has 54 valence electrons. The van der Waals surface area contributed by atoms with Gasteiger partial charge in [-0.1, -0.05) is 30.4 Å². The lowest BCUT2D eigenvalue weighted by molar-refractivity contribution is 1.85.